The monoisotopic (exact) mass is 268 g/mol. The summed E-state index contributed by atoms with van der Waals surface area (Å²) in [5.74, 6) is 1.11. The molecule has 1 atom stereocenters. The molecule has 17 heavy (non-hydrogen) atoms. The first-order chi connectivity index (χ1) is 7.61. The Labute approximate surface area is 108 Å². The van der Waals surface area contributed by atoms with Crippen LogP contribution < -0.4 is 9.73 Å². The minimum Gasteiger partial charge on any atom is -0.544 e. The van der Waals surface area contributed by atoms with Gasteiger partial charge in [-0.05, 0) is 37.5 Å². The zero-order valence-corrected chi connectivity index (χ0v) is 14.1. The predicted molar refractivity (Wildman–Crippen MR) is 82.6 cm³/mol. The molecule has 0 fully saturated rings. The van der Waals surface area contributed by atoms with E-state index in [1.807, 2.05) is 0 Å². The number of hydrogen-bond donors (Lipinski definition) is 0. The quantitative estimate of drug-likeness (QED) is 0.582. The Bertz CT molecular complexity index is 377. The molecule has 1 unspecified atom stereocenters. The molecule has 1 aromatic carbocycles. The van der Waals surface area contributed by atoms with Crippen LogP contribution in [-0.2, 0) is 0 Å². The molecule has 0 radical (unpaired) electrons. The highest BCUT2D eigenvalue weighted by Crippen LogP contribution is 2.47. The summed E-state index contributed by atoms with van der Waals surface area (Å²) in [6, 6.07) is 8.55. The van der Waals surface area contributed by atoms with Crippen LogP contribution in [0, 0.1) is 0 Å². The first-order valence-electron chi connectivity index (χ1n) is 6.13. The molecule has 0 spiro atoms. The van der Waals surface area contributed by atoms with Crippen molar-refractivity contribution in [1.29, 1.82) is 0 Å². The fourth-order valence-corrected chi connectivity index (χ4v) is 3.92. The van der Waals surface area contributed by atoms with Crippen molar-refractivity contribution in [3.05, 3.63) is 24.3 Å². The normalized spacial score (nSPS) is 14.5. The SMILES string of the molecule is CP(c1ccccc1O[Si](C)(C)C)C(C)(C)C. The standard InChI is InChI=1S/C14H25OPSi/c1-14(2,3)16(4)13-11-9-8-10-12(13)15-17(5,6)7/h8-11H,1-7H3. The van der Waals surface area contributed by atoms with E-state index in [1.165, 1.54) is 5.30 Å². The van der Waals surface area contributed by atoms with Crippen LogP contribution >= 0.6 is 7.92 Å². The molecule has 0 heterocycles. The van der Waals surface area contributed by atoms with Crippen LogP contribution in [0.3, 0.4) is 0 Å². The number of rotatable bonds is 3. The lowest BCUT2D eigenvalue weighted by Crippen LogP contribution is -2.32. The molecule has 96 valence electrons. The summed E-state index contributed by atoms with van der Waals surface area (Å²) < 4.78 is 6.20. The third-order valence-electron chi connectivity index (χ3n) is 2.65. The molecule has 1 aromatic rings. The third kappa shape index (κ3) is 4.44. The lowest BCUT2D eigenvalue weighted by atomic mass is 10.3. The van der Waals surface area contributed by atoms with Crippen molar-refractivity contribution in [3.63, 3.8) is 0 Å². The van der Waals surface area contributed by atoms with Gasteiger partial charge in [-0.25, -0.2) is 0 Å². The van der Waals surface area contributed by atoms with Crippen LogP contribution in [-0.4, -0.2) is 20.1 Å². The maximum Gasteiger partial charge on any atom is 0.242 e. The van der Waals surface area contributed by atoms with E-state index < -0.39 is 8.32 Å². The van der Waals surface area contributed by atoms with Gasteiger partial charge in [0.25, 0.3) is 0 Å². The van der Waals surface area contributed by atoms with Gasteiger partial charge in [-0.3, -0.25) is 0 Å². The van der Waals surface area contributed by atoms with E-state index in [9.17, 15) is 0 Å². The lowest BCUT2D eigenvalue weighted by Gasteiger charge is -2.31. The molecule has 1 nitrogen and oxygen atoms in total. The zero-order chi connectivity index (χ0) is 13.3. The van der Waals surface area contributed by atoms with Gasteiger partial charge in [0.05, 0.1) is 0 Å². The second kappa shape index (κ2) is 5.12. The van der Waals surface area contributed by atoms with Crippen LogP contribution in [0.2, 0.25) is 19.6 Å². The Balaban J connectivity index is 3.08. The topological polar surface area (TPSA) is 9.23 Å². The van der Waals surface area contributed by atoms with E-state index >= 15 is 0 Å². The number of hydrogen-bond acceptors (Lipinski definition) is 1. The zero-order valence-electron chi connectivity index (χ0n) is 12.2. The molecular formula is C14H25OPSi. The van der Waals surface area contributed by atoms with Crippen LogP contribution in [0.15, 0.2) is 24.3 Å². The highest BCUT2D eigenvalue weighted by atomic mass is 31.1. The lowest BCUT2D eigenvalue weighted by molar-refractivity contribution is 0.562. The van der Waals surface area contributed by atoms with Gasteiger partial charge in [-0.2, -0.15) is 0 Å². The van der Waals surface area contributed by atoms with Crippen LogP contribution in [0.25, 0.3) is 0 Å². The van der Waals surface area contributed by atoms with Crippen LogP contribution in [0.1, 0.15) is 20.8 Å². The Morgan fingerprint density at radius 2 is 1.59 bits per heavy atom. The third-order valence-corrected chi connectivity index (χ3v) is 6.59. The van der Waals surface area contributed by atoms with Crippen molar-refractivity contribution < 1.29 is 4.43 Å². The van der Waals surface area contributed by atoms with Gasteiger partial charge in [0.2, 0.25) is 8.32 Å². The Morgan fingerprint density at radius 3 is 2.06 bits per heavy atom. The Morgan fingerprint density at radius 1 is 1.06 bits per heavy atom. The van der Waals surface area contributed by atoms with E-state index in [0.29, 0.717) is 5.16 Å². The van der Waals surface area contributed by atoms with Crippen molar-refractivity contribution in [3.8, 4) is 5.75 Å². The summed E-state index contributed by atoms with van der Waals surface area (Å²) in [4.78, 5) is 0. The highest BCUT2D eigenvalue weighted by Gasteiger charge is 2.25. The molecule has 3 heteroatoms. The average Bonchev–Trinajstić information content (AvgIpc) is 2.13. The van der Waals surface area contributed by atoms with Gasteiger partial charge < -0.3 is 4.43 Å². The van der Waals surface area contributed by atoms with Crippen molar-refractivity contribution >= 4 is 21.5 Å². The maximum atomic E-state index is 6.20. The predicted octanol–water partition coefficient (Wildman–Crippen LogP) is 4.44. The molecule has 1 rings (SSSR count). The van der Waals surface area contributed by atoms with E-state index in [2.05, 4.69) is 71.3 Å². The van der Waals surface area contributed by atoms with Gasteiger partial charge in [-0.1, -0.05) is 46.9 Å². The van der Waals surface area contributed by atoms with E-state index in [0.717, 1.165) is 5.75 Å². The molecule has 0 N–H and O–H groups in total. The minimum atomic E-state index is -1.52. The number of benzene rings is 1. The van der Waals surface area contributed by atoms with Crippen molar-refractivity contribution in [2.75, 3.05) is 6.66 Å². The van der Waals surface area contributed by atoms with E-state index in [1.54, 1.807) is 0 Å². The molecular weight excluding hydrogens is 243 g/mol. The Kier molecular flexibility index (Phi) is 4.43. The fraction of sp³-hybridized carbons (Fsp3) is 0.571. The van der Waals surface area contributed by atoms with E-state index in [-0.39, 0.29) is 7.92 Å². The molecule has 0 saturated heterocycles. The summed E-state index contributed by atoms with van der Waals surface area (Å²) in [5.41, 5.74) is 0. The molecule has 0 aliphatic carbocycles. The first-order valence-corrected chi connectivity index (χ1v) is 11.3. The van der Waals surface area contributed by atoms with Gasteiger partial charge >= 0.3 is 0 Å². The summed E-state index contributed by atoms with van der Waals surface area (Å²) in [6.45, 7) is 16.0. The molecule has 0 bridgehead atoms. The summed E-state index contributed by atoms with van der Waals surface area (Å²) >= 11 is 0. The first kappa shape index (κ1) is 14.7. The highest BCUT2D eigenvalue weighted by molar-refractivity contribution is 7.66. The largest absolute Gasteiger partial charge is 0.544 e. The van der Waals surface area contributed by atoms with Crippen LogP contribution in [0.4, 0.5) is 0 Å². The second-order valence-corrected chi connectivity index (χ2v) is 13.8. The van der Waals surface area contributed by atoms with Crippen molar-refractivity contribution in [2.24, 2.45) is 0 Å². The molecule has 0 aliphatic rings. The van der Waals surface area contributed by atoms with Crippen LogP contribution in [0.5, 0.6) is 5.75 Å². The summed E-state index contributed by atoms with van der Waals surface area (Å²) in [5, 5.41) is 1.73. The second-order valence-electron chi connectivity index (χ2n) is 6.41. The van der Waals surface area contributed by atoms with Gasteiger partial charge in [0, 0.05) is 5.30 Å². The molecule has 0 aliphatic heterocycles. The van der Waals surface area contributed by atoms with Crippen molar-refractivity contribution in [2.45, 2.75) is 45.6 Å². The average molecular weight is 268 g/mol. The van der Waals surface area contributed by atoms with Crippen molar-refractivity contribution in [1.82, 2.24) is 0 Å². The van der Waals surface area contributed by atoms with Gasteiger partial charge in [0.15, 0.2) is 0 Å². The van der Waals surface area contributed by atoms with Gasteiger partial charge in [0.1, 0.15) is 5.75 Å². The number of para-hydroxylation sites is 1. The summed E-state index contributed by atoms with van der Waals surface area (Å²) in [7, 11) is -1.72. The van der Waals surface area contributed by atoms with E-state index in [4.69, 9.17) is 4.43 Å². The van der Waals surface area contributed by atoms with Gasteiger partial charge in [-0.15, -0.1) is 0 Å². The Hall–Kier alpha value is -0.333. The summed E-state index contributed by atoms with van der Waals surface area (Å²) in [6.07, 6.45) is 0. The maximum absolute atomic E-state index is 6.20. The smallest absolute Gasteiger partial charge is 0.242 e. The molecule has 0 amide bonds. The fourth-order valence-electron chi connectivity index (χ4n) is 1.51. The molecule has 0 saturated carbocycles. The minimum absolute atomic E-state index is 0.193. The molecule has 0 aromatic heterocycles.